The Hall–Kier alpha value is -0.830. The van der Waals surface area contributed by atoms with Crippen LogP contribution in [0.4, 0.5) is 0 Å². The van der Waals surface area contributed by atoms with Crippen LogP contribution in [-0.2, 0) is 15.3 Å². The summed E-state index contributed by atoms with van der Waals surface area (Å²) in [5.74, 6) is 0.995. The van der Waals surface area contributed by atoms with Crippen LogP contribution in [0.2, 0.25) is 0 Å². The first kappa shape index (κ1) is 25.2. The van der Waals surface area contributed by atoms with Gasteiger partial charge in [-0.3, -0.25) is 4.99 Å². The van der Waals surface area contributed by atoms with Crippen molar-refractivity contribution in [3.05, 3.63) is 35.9 Å². The molecule has 0 unspecified atom stereocenters. The Morgan fingerprint density at radius 1 is 1.14 bits per heavy atom. The maximum atomic E-state index is 11.4. The van der Waals surface area contributed by atoms with Gasteiger partial charge in [0.2, 0.25) is 0 Å². The second-order valence-corrected chi connectivity index (χ2v) is 10.9. The molecule has 0 saturated heterocycles. The Morgan fingerprint density at radius 3 is 2.29 bits per heavy atom. The first-order valence-electron chi connectivity index (χ1n) is 9.84. The molecular formula is C21H36IN3O2S. The van der Waals surface area contributed by atoms with Crippen LogP contribution in [-0.4, -0.2) is 46.5 Å². The van der Waals surface area contributed by atoms with Crippen molar-refractivity contribution in [3.63, 3.8) is 0 Å². The minimum Gasteiger partial charge on any atom is -0.356 e. The molecular weight excluding hydrogens is 485 g/mol. The third-order valence-electron chi connectivity index (χ3n) is 5.65. The summed E-state index contributed by atoms with van der Waals surface area (Å²) in [6, 6.07) is 10.8. The molecule has 160 valence electrons. The van der Waals surface area contributed by atoms with Crippen LogP contribution < -0.4 is 10.6 Å². The van der Waals surface area contributed by atoms with Crippen molar-refractivity contribution in [2.24, 2.45) is 10.4 Å². The Kier molecular flexibility index (Phi) is 9.73. The fourth-order valence-corrected chi connectivity index (χ4v) is 4.68. The van der Waals surface area contributed by atoms with Crippen molar-refractivity contribution in [1.82, 2.24) is 10.6 Å². The first-order chi connectivity index (χ1) is 12.7. The number of benzene rings is 1. The molecule has 0 aromatic heterocycles. The van der Waals surface area contributed by atoms with Crippen LogP contribution in [0.1, 0.15) is 51.5 Å². The Morgan fingerprint density at radius 2 is 1.75 bits per heavy atom. The number of hydrogen-bond acceptors (Lipinski definition) is 3. The molecule has 7 heteroatoms. The number of nitrogens with zero attached hydrogens (tertiary/aromatic N) is 1. The maximum absolute atomic E-state index is 11.4. The normalized spacial score (nSPS) is 17.1. The van der Waals surface area contributed by atoms with E-state index in [4.69, 9.17) is 0 Å². The van der Waals surface area contributed by atoms with Crippen molar-refractivity contribution >= 4 is 39.8 Å². The molecule has 0 heterocycles. The highest BCUT2D eigenvalue weighted by molar-refractivity contribution is 14.0. The van der Waals surface area contributed by atoms with E-state index in [2.05, 4.69) is 59.8 Å². The lowest BCUT2D eigenvalue weighted by Gasteiger charge is -2.31. The first-order valence-corrected chi connectivity index (χ1v) is 11.9. The van der Waals surface area contributed by atoms with E-state index in [1.165, 1.54) is 37.5 Å². The van der Waals surface area contributed by atoms with Crippen LogP contribution in [0, 0.1) is 5.41 Å². The van der Waals surface area contributed by atoms with Gasteiger partial charge in [-0.25, -0.2) is 8.42 Å². The third kappa shape index (κ3) is 7.89. The van der Waals surface area contributed by atoms with Crippen molar-refractivity contribution in [1.29, 1.82) is 0 Å². The molecule has 0 spiro atoms. The highest BCUT2D eigenvalue weighted by Crippen LogP contribution is 2.40. The highest BCUT2D eigenvalue weighted by atomic mass is 127. The molecule has 2 rings (SSSR count). The average Bonchev–Trinajstić information content (AvgIpc) is 3.11. The summed E-state index contributed by atoms with van der Waals surface area (Å²) in [4.78, 5) is 4.36. The zero-order valence-electron chi connectivity index (χ0n) is 17.6. The van der Waals surface area contributed by atoms with E-state index in [1.54, 1.807) is 7.05 Å². The van der Waals surface area contributed by atoms with Crippen molar-refractivity contribution in [2.45, 2.75) is 51.4 Å². The number of nitrogens with one attached hydrogen (secondary N) is 2. The van der Waals surface area contributed by atoms with Gasteiger partial charge in [0.15, 0.2) is 5.96 Å². The largest absolute Gasteiger partial charge is 0.356 e. The minimum absolute atomic E-state index is 0. The quantitative estimate of drug-likeness (QED) is 0.311. The second kappa shape index (κ2) is 10.8. The fourth-order valence-electron chi connectivity index (χ4n) is 3.76. The van der Waals surface area contributed by atoms with Crippen molar-refractivity contribution in [3.8, 4) is 0 Å². The lowest BCUT2D eigenvalue weighted by Crippen LogP contribution is -2.47. The van der Waals surface area contributed by atoms with Gasteiger partial charge in [0, 0.05) is 31.8 Å². The molecule has 0 amide bonds. The number of aliphatic imine (C=N–C) groups is 1. The summed E-state index contributed by atoms with van der Waals surface area (Å²) in [6.45, 7) is 5.71. The molecule has 1 fully saturated rings. The summed E-state index contributed by atoms with van der Waals surface area (Å²) in [6.07, 6.45) is 6.84. The molecule has 1 aromatic rings. The third-order valence-corrected chi connectivity index (χ3v) is 6.59. The van der Waals surface area contributed by atoms with Gasteiger partial charge in [-0.15, -0.1) is 24.0 Å². The molecule has 1 aliphatic carbocycles. The minimum atomic E-state index is -2.94. The van der Waals surface area contributed by atoms with Crippen LogP contribution in [0.25, 0.3) is 0 Å². The summed E-state index contributed by atoms with van der Waals surface area (Å²) in [5.41, 5.74) is 1.45. The van der Waals surface area contributed by atoms with Gasteiger partial charge in [-0.2, -0.15) is 0 Å². The molecule has 0 bridgehead atoms. The topological polar surface area (TPSA) is 70.6 Å². The Balaban J connectivity index is 0.00000392. The average molecular weight is 522 g/mol. The maximum Gasteiger partial charge on any atom is 0.191 e. The number of sulfone groups is 1. The summed E-state index contributed by atoms with van der Waals surface area (Å²) >= 11 is 0. The highest BCUT2D eigenvalue weighted by Gasteiger charge is 2.35. The molecule has 1 aromatic carbocycles. The summed E-state index contributed by atoms with van der Waals surface area (Å²) < 4.78 is 22.9. The number of guanidine groups is 1. The van der Waals surface area contributed by atoms with Crippen molar-refractivity contribution < 1.29 is 8.42 Å². The van der Waals surface area contributed by atoms with Crippen LogP contribution >= 0.6 is 24.0 Å². The standard InChI is InChI=1S/C21H35N3O2S.HI/c1-20(2,14-15-27(4,25)26)16-23-19(22-3)24-17-21(12-8-9-13-21)18-10-6-5-7-11-18;/h5-7,10-11H,8-9,12-17H2,1-4H3,(H2,22,23,24);1H. The van der Waals surface area contributed by atoms with E-state index in [9.17, 15) is 8.42 Å². The molecule has 1 saturated carbocycles. The van der Waals surface area contributed by atoms with Gasteiger partial charge in [0.1, 0.15) is 9.84 Å². The molecule has 5 nitrogen and oxygen atoms in total. The molecule has 1 aliphatic rings. The monoisotopic (exact) mass is 521 g/mol. The number of halogens is 1. The zero-order chi connectivity index (χ0) is 20.0. The fraction of sp³-hybridized carbons (Fsp3) is 0.667. The van der Waals surface area contributed by atoms with E-state index in [1.807, 2.05) is 0 Å². The van der Waals surface area contributed by atoms with Gasteiger partial charge < -0.3 is 10.6 Å². The molecule has 0 atom stereocenters. The van der Waals surface area contributed by atoms with E-state index in [0.29, 0.717) is 13.0 Å². The lowest BCUT2D eigenvalue weighted by molar-refractivity contribution is 0.347. The zero-order valence-corrected chi connectivity index (χ0v) is 20.8. The van der Waals surface area contributed by atoms with Gasteiger partial charge in [0.05, 0.1) is 5.75 Å². The second-order valence-electron chi connectivity index (χ2n) is 8.68. The molecule has 0 radical (unpaired) electrons. The van der Waals surface area contributed by atoms with E-state index >= 15 is 0 Å². The van der Waals surface area contributed by atoms with Crippen LogP contribution in [0.3, 0.4) is 0 Å². The predicted octanol–water partition coefficient (Wildman–Crippen LogP) is 3.74. The van der Waals surface area contributed by atoms with Gasteiger partial charge in [-0.1, -0.05) is 57.0 Å². The number of rotatable bonds is 8. The Labute approximate surface area is 188 Å². The Bertz CT molecular complexity index is 727. The number of hydrogen-bond donors (Lipinski definition) is 2. The van der Waals surface area contributed by atoms with Crippen LogP contribution in [0.5, 0.6) is 0 Å². The predicted molar refractivity (Wildman–Crippen MR) is 129 cm³/mol. The SMILES string of the molecule is CN=C(NCC(C)(C)CCS(C)(=O)=O)NCC1(c2ccccc2)CCCC1.I. The van der Waals surface area contributed by atoms with Gasteiger partial charge in [-0.05, 0) is 30.2 Å². The smallest absolute Gasteiger partial charge is 0.191 e. The lowest BCUT2D eigenvalue weighted by atomic mass is 9.79. The molecule has 28 heavy (non-hydrogen) atoms. The van der Waals surface area contributed by atoms with Gasteiger partial charge in [0.25, 0.3) is 0 Å². The summed E-state index contributed by atoms with van der Waals surface area (Å²) in [7, 11) is -1.15. The van der Waals surface area contributed by atoms with Gasteiger partial charge >= 0.3 is 0 Å². The van der Waals surface area contributed by atoms with E-state index < -0.39 is 9.84 Å². The molecule has 2 N–H and O–H groups in total. The van der Waals surface area contributed by atoms with E-state index in [0.717, 1.165) is 12.5 Å². The van der Waals surface area contributed by atoms with E-state index in [-0.39, 0.29) is 40.6 Å². The van der Waals surface area contributed by atoms with Crippen molar-refractivity contribution in [2.75, 3.05) is 32.1 Å². The molecule has 0 aliphatic heterocycles. The summed E-state index contributed by atoms with van der Waals surface area (Å²) in [5, 5.41) is 6.90. The van der Waals surface area contributed by atoms with Crippen LogP contribution in [0.15, 0.2) is 35.3 Å².